The summed E-state index contributed by atoms with van der Waals surface area (Å²) in [6.07, 6.45) is 5.03. The molecule has 2 aromatic rings. The smallest absolute Gasteiger partial charge is 0.226 e. The summed E-state index contributed by atoms with van der Waals surface area (Å²) in [6.45, 7) is 1.21. The first-order valence-electron chi connectivity index (χ1n) is 7.51. The predicted octanol–water partition coefficient (Wildman–Crippen LogP) is 2.48. The number of halogens is 1. The molecule has 1 aromatic heterocycles. The fraction of sp³-hybridized carbons (Fsp3) is 0.312. The van der Waals surface area contributed by atoms with Crippen LogP contribution in [0.25, 0.3) is 5.69 Å². The first-order chi connectivity index (χ1) is 11.1. The van der Waals surface area contributed by atoms with E-state index in [0.29, 0.717) is 23.7 Å². The number of amides is 2. The number of para-hydroxylation sites is 1. The maximum Gasteiger partial charge on any atom is 0.226 e. The lowest BCUT2D eigenvalue weighted by Crippen LogP contribution is -2.28. The second-order valence-corrected chi connectivity index (χ2v) is 5.81. The van der Waals surface area contributed by atoms with E-state index in [2.05, 4.69) is 10.4 Å². The van der Waals surface area contributed by atoms with Crippen molar-refractivity contribution in [1.29, 1.82) is 0 Å². The van der Waals surface area contributed by atoms with E-state index < -0.39 is 0 Å². The van der Waals surface area contributed by atoms with Crippen molar-refractivity contribution < 1.29 is 9.59 Å². The van der Waals surface area contributed by atoms with Crippen molar-refractivity contribution in [3.63, 3.8) is 0 Å². The van der Waals surface area contributed by atoms with Crippen LogP contribution in [0.5, 0.6) is 0 Å². The molecule has 0 spiro atoms. The van der Waals surface area contributed by atoms with Gasteiger partial charge in [-0.15, -0.1) is 0 Å². The van der Waals surface area contributed by atoms with E-state index in [-0.39, 0.29) is 18.2 Å². The fourth-order valence-corrected chi connectivity index (χ4v) is 2.78. The van der Waals surface area contributed by atoms with E-state index in [9.17, 15) is 9.59 Å². The molecule has 1 aliphatic rings. The summed E-state index contributed by atoms with van der Waals surface area (Å²) in [5.74, 6) is -0.00672. The molecule has 0 saturated carbocycles. The minimum atomic E-state index is -0.136. The van der Waals surface area contributed by atoms with Gasteiger partial charge >= 0.3 is 0 Å². The molecular weight excluding hydrogens is 316 g/mol. The van der Waals surface area contributed by atoms with Gasteiger partial charge in [-0.3, -0.25) is 9.59 Å². The van der Waals surface area contributed by atoms with Crippen LogP contribution in [0.4, 0.5) is 5.69 Å². The second-order valence-electron chi connectivity index (χ2n) is 5.41. The first kappa shape index (κ1) is 15.6. The maximum absolute atomic E-state index is 12.0. The van der Waals surface area contributed by atoms with E-state index in [1.54, 1.807) is 28.0 Å². The van der Waals surface area contributed by atoms with Crippen molar-refractivity contribution in [1.82, 2.24) is 14.7 Å². The molecule has 1 fully saturated rings. The summed E-state index contributed by atoms with van der Waals surface area (Å²) in [7, 11) is 0. The summed E-state index contributed by atoms with van der Waals surface area (Å²) < 4.78 is 1.61. The Morgan fingerprint density at radius 3 is 2.91 bits per heavy atom. The summed E-state index contributed by atoms with van der Waals surface area (Å²) in [5, 5.41) is 7.57. The molecule has 23 heavy (non-hydrogen) atoms. The highest BCUT2D eigenvalue weighted by molar-refractivity contribution is 6.32. The van der Waals surface area contributed by atoms with Crippen LogP contribution < -0.4 is 5.32 Å². The van der Waals surface area contributed by atoms with Crippen LogP contribution in [0, 0.1) is 0 Å². The largest absolute Gasteiger partial charge is 0.342 e. The van der Waals surface area contributed by atoms with Crippen LogP contribution in [-0.4, -0.2) is 39.6 Å². The van der Waals surface area contributed by atoms with Gasteiger partial charge in [-0.2, -0.15) is 5.10 Å². The number of nitrogens with zero attached hydrogens (tertiary/aromatic N) is 3. The Bertz CT molecular complexity index is 728. The molecule has 2 amide bonds. The van der Waals surface area contributed by atoms with Crippen LogP contribution in [-0.2, 0) is 9.59 Å². The number of benzene rings is 1. The average Bonchev–Trinajstić information content (AvgIpc) is 3.15. The third kappa shape index (κ3) is 3.71. The molecule has 2 heterocycles. The Hall–Kier alpha value is -2.34. The Labute approximate surface area is 139 Å². The predicted molar refractivity (Wildman–Crippen MR) is 87.6 cm³/mol. The Morgan fingerprint density at radius 2 is 2.17 bits per heavy atom. The van der Waals surface area contributed by atoms with Gasteiger partial charge in [-0.05, 0) is 18.6 Å². The number of carbonyl (C=O) groups is 2. The van der Waals surface area contributed by atoms with Crippen molar-refractivity contribution in [2.45, 2.75) is 19.3 Å². The van der Waals surface area contributed by atoms with Crippen molar-refractivity contribution in [2.75, 3.05) is 18.4 Å². The number of likely N-dealkylation sites (tertiary alicyclic amines) is 1. The SMILES string of the molecule is O=C(CCN1CCCC1=O)Nc1cnn(-c2ccccc2Cl)c1. The number of rotatable bonds is 5. The summed E-state index contributed by atoms with van der Waals surface area (Å²) in [4.78, 5) is 25.2. The molecule has 0 bridgehead atoms. The van der Waals surface area contributed by atoms with E-state index in [4.69, 9.17) is 11.6 Å². The Morgan fingerprint density at radius 1 is 1.35 bits per heavy atom. The van der Waals surface area contributed by atoms with Gasteiger partial charge in [0.25, 0.3) is 0 Å². The molecule has 0 atom stereocenters. The molecule has 1 aromatic carbocycles. The normalized spacial score (nSPS) is 14.3. The quantitative estimate of drug-likeness (QED) is 0.914. The lowest BCUT2D eigenvalue weighted by Gasteiger charge is -2.14. The molecule has 7 heteroatoms. The Kier molecular flexibility index (Phi) is 4.62. The molecule has 0 aliphatic carbocycles. The van der Waals surface area contributed by atoms with E-state index in [1.807, 2.05) is 18.2 Å². The lowest BCUT2D eigenvalue weighted by molar-refractivity contribution is -0.128. The van der Waals surface area contributed by atoms with Crippen molar-refractivity contribution in [2.24, 2.45) is 0 Å². The number of carbonyl (C=O) groups excluding carboxylic acids is 2. The molecular formula is C16H17ClN4O2. The summed E-state index contributed by atoms with van der Waals surface area (Å²) in [6, 6.07) is 7.34. The standard InChI is InChI=1S/C16H17ClN4O2/c17-13-4-1-2-5-14(13)21-11-12(10-18-21)19-15(22)7-9-20-8-3-6-16(20)23/h1-2,4-5,10-11H,3,6-9H2,(H,19,22). The lowest BCUT2D eigenvalue weighted by atomic mass is 10.3. The monoisotopic (exact) mass is 332 g/mol. The van der Waals surface area contributed by atoms with Crippen LogP contribution in [0.1, 0.15) is 19.3 Å². The number of nitrogens with one attached hydrogen (secondary N) is 1. The molecule has 1 N–H and O–H groups in total. The molecule has 3 rings (SSSR count). The van der Waals surface area contributed by atoms with Crippen LogP contribution >= 0.6 is 11.6 Å². The van der Waals surface area contributed by atoms with Crippen molar-refractivity contribution in [3.8, 4) is 5.69 Å². The average molecular weight is 333 g/mol. The number of hydrogen-bond donors (Lipinski definition) is 1. The second kappa shape index (κ2) is 6.83. The van der Waals surface area contributed by atoms with E-state index in [1.165, 1.54) is 0 Å². The van der Waals surface area contributed by atoms with Gasteiger partial charge in [0.2, 0.25) is 11.8 Å². The highest BCUT2D eigenvalue weighted by atomic mass is 35.5. The molecule has 0 unspecified atom stereocenters. The van der Waals surface area contributed by atoms with Crippen LogP contribution in [0.2, 0.25) is 5.02 Å². The van der Waals surface area contributed by atoms with E-state index in [0.717, 1.165) is 18.7 Å². The summed E-state index contributed by atoms with van der Waals surface area (Å²) in [5.41, 5.74) is 1.35. The molecule has 120 valence electrons. The van der Waals surface area contributed by atoms with Gasteiger partial charge < -0.3 is 10.2 Å². The zero-order valence-corrected chi connectivity index (χ0v) is 13.3. The zero-order valence-electron chi connectivity index (χ0n) is 12.5. The topological polar surface area (TPSA) is 67.2 Å². The minimum absolute atomic E-state index is 0.129. The minimum Gasteiger partial charge on any atom is -0.342 e. The highest BCUT2D eigenvalue weighted by Crippen LogP contribution is 2.20. The van der Waals surface area contributed by atoms with Gasteiger partial charge in [-0.1, -0.05) is 23.7 Å². The number of hydrogen-bond acceptors (Lipinski definition) is 3. The third-order valence-corrected chi connectivity index (χ3v) is 4.07. The molecule has 6 nitrogen and oxygen atoms in total. The molecule has 1 saturated heterocycles. The fourth-order valence-electron chi connectivity index (χ4n) is 2.56. The van der Waals surface area contributed by atoms with Gasteiger partial charge in [-0.25, -0.2) is 4.68 Å². The first-order valence-corrected chi connectivity index (χ1v) is 7.88. The Balaban J connectivity index is 1.57. The van der Waals surface area contributed by atoms with E-state index >= 15 is 0 Å². The van der Waals surface area contributed by atoms with Crippen LogP contribution in [0.15, 0.2) is 36.7 Å². The maximum atomic E-state index is 12.0. The van der Waals surface area contributed by atoms with Crippen LogP contribution in [0.3, 0.4) is 0 Å². The summed E-state index contributed by atoms with van der Waals surface area (Å²) >= 11 is 6.12. The zero-order chi connectivity index (χ0) is 16.2. The van der Waals surface area contributed by atoms with Gasteiger partial charge in [0.15, 0.2) is 0 Å². The number of anilines is 1. The van der Waals surface area contributed by atoms with Crippen molar-refractivity contribution in [3.05, 3.63) is 41.7 Å². The van der Waals surface area contributed by atoms with Gasteiger partial charge in [0.1, 0.15) is 0 Å². The molecule has 0 radical (unpaired) electrons. The third-order valence-electron chi connectivity index (χ3n) is 3.75. The molecule has 1 aliphatic heterocycles. The number of aromatic nitrogens is 2. The highest BCUT2D eigenvalue weighted by Gasteiger charge is 2.20. The van der Waals surface area contributed by atoms with Gasteiger partial charge in [0.05, 0.1) is 28.8 Å². The van der Waals surface area contributed by atoms with Crippen molar-refractivity contribution >= 4 is 29.1 Å². The van der Waals surface area contributed by atoms with Gasteiger partial charge in [0, 0.05) is 25.9 Å².